The summed E-state index contributed by atoms with van der Waals surface area (Å²) in [6, 6.07) is 16.7. The zero-order chi connectivity index (χ0) is 20.5. The molecule has 0 saturated carbocycles. The molecule has 0 fully saturated rings. The second kappa shape index (κ2) is 8.10. The van der Waals surface area contributed by atoms with Gasteiger partial charge in [0.25, 0.3) is 0 Å². The Balaban J connectivity index is 1.83. The number of nitro groups is 1. The average Bonchev–Trinajstić information content (AvgIpc) is 3.29. The van der Waals surface area contributed by atoms with Gasteiger partial charge in [-0.1, -0.05) is 67.7 Å². The van der Waals surface area contributed by atoms with Gasteiger partial charge in [-0.15, -0.1) is 0 Å². The molecule has 0 unspecified atom stereocenters. The van der Waals surface area contributed by atoms with Crippen LogP contribution in [0.5, 0.6) is 0 Å². The number of aromatic nitrogens is 4. The number of nitrogens with zero attached hydrogens (tertiary/aromatic N) is 5. The maximum atomic E-state index is 10.9. The summed E-state index contributed by atoms with van der Waals surface area (Å²) >= 11 is 13.6. The lowest BCUT2D eigenvalue weighted by Crippen LogP contribution is -2.11. The van der Waals surface area contributed by atoms with Crippen LogP contribution < -0.4 is 0 Å². The lowest BCUT2D eigenvalue weighted by atomic mass is 10.1. The van der Waals surface area contributed by atoms with Gasteiger partial charge in [0.2, 0.25) is 0 Å². The van der Waals surface area contributed by atoms with Crippen LogP contribution in [-0.2, 0) is 6.67 Å². The van der Waals surface area contributed by atoms with Crippen LogP contribution in [0.3, 0.4) is 0 Å². The van der Waals surface area contributed by atoms with E-state index in [0.29, 0.717) is 16.4 Å². The quantitative estimate of drug-likeness (QED) is 0.231. The largest absolute Gasteiger partial charge is 0.389 e. The van der Waals surface area contributed by atoms with Crippen molar-refractivity contribution in [3.05, 3.63) is 84.9 Å². The number of benzene rings is 2. The molecular formula is C19H12Br2ClN5O2. The van der Waals surface area contributed by atoms with Crippen molar-refractivity contribution < 1.29 is 4.92 Å². The van der Waals surface area contributed by atoms with Crippen LogP contribution in [0.2, 0.25) is 5.02 Å². The van der Waals surface area contributed by atoms with E-state index in [1.807, 2.05) is 48.5 Å². The van der Waals surface area contributed by atoms with E-state index in [0.717, 1.165) is 20.1 Å². The summed E-state index contributed by atoms with van der Waals surface area (Å²) in [5.74, 6) is -0.221. The molecule has 2 aromatic carbocycles. The number of rotatable bonds is 5. The smallest absolute Gasteiger partial charge is 0.358 e. The van der Waals surface area contributed by atoms with Crippen LogP contribution in [-0.4, -0.2) is 24.5 Å². The van der Waals surface area contributed by atoms with Crippen LogP contribution in [0.4, 0.5) is 5.82 Å². The molecule has 0 saturated heterocycles. The molecule has 4 rings (SSSR count). The first kappa shape index (κ1) is 19.8. The molecule has 0 N–H and O–H groups in total. The molecule has 0 atom stereocenters. The molecule has 146 valence electrons. The van der Waals surface area contributed by atoms with Gasteiger partial charge in [-0.3, -0.25) is 0 Å². The Hall–Kier alpha value is -2.49. The summed E-state index contributed by atoms with van der Waals surface area (Å²) in [7, 11) is 0. The van der Waals surface area contributed by atoms with Crippen LogP contribution in [0.15, 0.2) is 69.7 Å². The molecule has 0 amide bonds. The van der Waals surface area contributed by atoms with Gasteiger partial charge in [0.15, 0.2) is 6.67 Å². The molecule has 7 nitrogen and oxygen atoms in total. The van der Waals surface area contributed by atoms with E-state index >= 15 is 0 Å². The SMILES string of the molecule is O=[N+]([O-])c1ccn(Cn2nc(-c3ccc(Br)cc3)c(Cl)c2-c2ccc(Br)cc2)n1. The lowest BCUT2D eigenvalue weighted by molar-refractivity contribution is -0.389. The second-order valence-electron chi connectivity index (χ2n) is 6.14. The first-order chi connectivity index (χ1) is 13.9. The fraction of sp³-hybridized carbons (Fsp3) is 0.0526. The van der Waals surface area contributed by atoms with Crippen LogP contribution in [0.1, 0.15) is 0 Å². The Morgan fingerprint density at radius 1 is 0.931 bits per heavy atom. The van der Waals surface area contributed by atoms with Gasteiger partial charge in [-0.25, -0.2) is 4.68 Å². The molecule has 0 spiro atoms. The summed E-state index contributed by atoms with van der Waals surface area (Å²) in [5.41, 5.74) is 3.06. The van der Waals surface area contributed by atoms with Crippen molar-refractivity contribution in [2.45, 2.75) is 6.67 Å². The van der Waals surface area contributed by atoms with Crippen molar-refractivity contribution in [2.24, 2.45) is 0 Å². The maximum absolute atomic E-state index is 10.9. The van der Waals surface area contributed by atoms with E-state index in [2.05, 4.69) is 42.1 Å². The Morgan fingerprint density at radius 3 is 2.07 bits per heavy atom. The van der Waals surface area contributed by atoms with Gasteiger partial charge in [-0.2, -0.15) is 9.78 Å². The highest BCUT2D eigenvalue weighted by Gasteiger charge is 2.21. The molecule has 0 aliphatic heterocycles. The predicted molar refractivity (Wildman–Crippen MR) is 118 cm³/mol. The van der Waals surface area contributed by atoms with Crippen LogP contribution in [0, 0.1) is 10.1 Å². The number of hydrogen-bond donors (Lipinski definition) is 0. The zero-order valence-corrected chi connectivity index (χ0v) is 18.6. The molecule has 29 heavy (non-hydrogen) atoms. The molecule has 2 aromatic heterocycles. The van der Waals surface area contributed by atoms with Crippen molar-refractivity contribution in [1.82, 2.24) is 19.6 Å². The third kappa shape index (κ3) is 4.12. The minimum absolute atomic E-state index is 0.176. The number of hydrogen-bond acceptors (Lipinski definition) is 4. The minimum atomic E-state index is -0.532. The first-order valence-corrected chi connectivity index (χ1v) is 10.3. The molecular weight excluding hydrogens is 526 g/mol. The van der Waals surface area contributed by atoms with E-state index in [4.69, 9.17) is 11.6 Å². The molecule has 0 radical (unpaired) electrons. The van der Waals surface area contributed by atoms with Gasteiger partial charge >= 0.3 is 5.82 Å². The van der Waals surface area contributed by atoms with Crippen molar-refractivity contribution >= 4 is 49.3 Å². The summed E-state index contributed by atoms with van der Waals surface area (Å²) in [6.45, 7) is 0.176. The van der Waals surface area contributed by atoms with E-state index in [9.17, 15) is 10.1 Å². The van der Waals surface area contributed by atoms with Gasteiger partial charge in [0, 0.05) is 20.1 Å². The second-order valence-corrected chi connectivity index (χ2v) is 8.35. The Bertz CT molecular complexity index is 1190. The Labute approximate surface area is 187 Å². The third-order valence-electron chi connectivity index (χ3n) is 4.22. The van der Waals surface area contributed by atoms with Crippen molar-refractivity contribution in [3.63, 3.8) is 0 Å². The van der Waals surface area contributed by atoms with Crippen molar-refractivity contribution in [1.29, 1.82) is 0 Å². The Morgan fingerprint density at radius 2 is 1.52 bits per heavy atom. The fourth-order valence-corrected chi connectivity index (χ4v) is 3.76. The molecule has 0 bridgehead atoms. The maximum Gasteiger partial charge on any atom is 0.389 e. The first-order valence-electron chi connectivity index (χ1n) is 8.38. The fourth-order valence-electron chi connectivity index (χ4n) is 2.88. The number of halogens is 3. The molecule has 0 aliphatic rings. The summed E-state index contributed by atoms with van der Waals surface area (Å²) in [4.78, 5) is 10.4. The van der Waals surface area contributed by atoms with Gasteiger partial charge in [0.05, 0.1) is 28.1 Å². The summed E-state index contributed by atoms with van der Waals surface area (Å²) in [5, 5.41) is 20.1. The van der Waals surface area contributed by atoms with Crippen molar-refractivity contribution in [3.8, 4) is 22.5 Å². The summed E-state index contributed by atoms with van der Waals surface area (Å²) < 4.78 is 5.04. The van der Waals surface area contributed by atoms with Crippen molar-refractivity contribution in [2.75, 3.05) is 0 Å². The zero-order valence-electron chi connectivity index (χ0n) is 14.7. The monoisotopic (exact) mass is 535 g/mol. The van der Waals surface area contributed by atoms with E-state index in [1.165, 1.54) is 10.7 Å². The molecule has 4 aromatic rings. The average molecular weight is 538 g/mol. The topological polar surface area (TPSA) is 78.8 Å². The molecule has 10 heteroatoms. The van der Waals surface area contributed by atoms with Gasteiger partial charge in [0.1, 0.15) is 5.69 Å². The van der Waals surface area contributed by atoms with Gasteiger partial charge < -0.3 is 10.1 Å². The molecule has 0 aliphatic carbocycles. The third-order valence-corrected chi connectivity index (χ3v) is 5.64. The standard InChI is InChI=1S/C19H12Br2ClN5O2/c20-14-5-1-12(2-6-14)18-17(22)19(13-3-7-15(21)8-4-13)26(24-18)11-25-10-9-16(23-25)27(28)29/h1-10H,11H2. The normalized spacial score (nSPS) is 11.0. The summed E-state index contributed by atoms with van der Waals surface area (Å²) in [6.07, 6.45) is 1.54. The van der Waals surface area contributed by atoms with Crippen LogP contribution in [0.25, 0.3) is 22.5 Å². The van der Waals surface area contributed by atoms with Gasteiger partial charge in [-0.05, 0) is 29.2 Å². The van der Waals surface area contributed by atoms with E-state index < -0.39 is 4.92 Å². The van der Waals surface area contributed by atoms with E-state index in [1.54, 1.807) is 10.9 Å². The van der Waals surface area contributed by atoms with E-state index in [-0.39, 0.29) is 12.5 Å². The predicted octanol–water partition coefficient (Wildman–Crippen LogP) is 6.01. The van der Waals surface area contributed by atoms with Crippen LogP contribution >= 0.6 is 43.5 Å². The Kier molecular flexibility index (Phi) is 5.53. The highest BCUT2D eigenvalue weighted by Crippen LogP contribution is 2.37. The molecule has 2 heterocycles. The lowest BCUT2D eigenvalue weighted by Gasteiger charge is -2.07. The highest BCUT2D eigenvalue weighted by atomic mass is 79.9. The minimum Gasteiger partial charge on any atom is -0.358 e. The highest BCUT2D eigenvalue weighted by molar-refractivity contribution is 9.10.